The number of rotatable bonds is 11. The van der Waals surface area contributed by atoms with Crippen molar-refractivity contribution in [3.8, 4) is 22.6 Å². The van der Waals surface area contributed by atoms with Crippen LogP contribution >= 0.6 is 0 Å². The lowest BCUT2D eigenvalue weighted by atomic mass is 10.1. The van der Waals surface area contributed by atoms with Gasteiger partial charge in [0.05, 0.1) is 30.0 Å². The zero-order valence-corrected chi connectivity index (χ0v) is 21.6. The van der Waals surface area contributed by atoms with Gasteiger partial charge in [-0.15, -0.1) is 0 Å². The van der Waals surface area contributed by atoms with Gasteiger partial charge in [-0.1, -0.05) is 32.0 Å². The maximum Gasteiger partial charge on any atom is 0.305 e. The van der Waals surface area contributed by atoms with E-state index in [1.54, 1.807) is 35.2 Å². The standard InChI is InChI=1S/C29H30FN5O4/c1-18(2)28-34-26(24-12-14-31-29(33-24)32-21-6-4-3-5-7-21)27(19-8-10-20(30)11-9-19)35(28)15-13-22(36)16-23(37)17-25(38)39/h3-15,18,22-23,36-37H,16-17H2,1-2H3,(H,38,39)(H,31,32,33)/b15-13+. The summed E-state index contributed by atoms with van der Waals surface area (Å²) in [6.45, 7) is 3.95. The topological polar surface area (TPSA) is 133 Å². The summed E-state index contributed by atoms with van der Waals surface area (Å²) in [7, 11) is 0. The van der Waals surface area contributed by atoms with Crippen molar-refractivity contribution in [3.05, 3.63) is 84.6 Å². The average molecular weight is 532 g/mol. The Morgan fingerprint density at radius 2 is 1.77 bits per heavy atom. The van der Waals surface area contributed by atoms with Gasteiger partial charge in [-0.05, 0) is 48.5 Å². The van der Waals surface area contributed by atoms with Crippen LogP contribution in [-0.2, 0) is 4.79 Å². The fourth-order valence-electron chi connectivity index (χ4n) is 4.10. The maximum absolute atomic E-state index is 13.8. The number of carboxylic acid groups (broad SMARTS) is 1. The molecule has 2 aromatic carbocycles. The minimum atomic E-state index is -1.20. The van der Waals surface area contributed by atoms with Crippen molar-refractivity contribution in [1.29, 1.82) is 0 Å². The van der Waals surface area contributed by atoms with Crippen LogP contribution < -0.4 is 5.32 Å². The second-order valence-electron chi connectivity index (χ2n) is 9.35. The molecular formula is C29H30FN5O4. The number of hydrogen-bond acceptors (Lipinski definition) is 7. The molecule has 0 bridgehead atoms. The summed E-state index contributed by atoms with van der Waals surface area (Å²) in [5.41, 5.74) is 3.19. The number of aromatic nitrogens is 4. The predicted molar refractivity (Wildman–Crippen MR) is 147 cm³/mol. The summed E-state index contributed by atoms with van der Waals surface area (Å²) in [6.07, 6.45) is 1.81. The molecule has 0 saturated heterocycles. The first-order valence-corrected chi connectivity index (χ1v) is 12.5. The summed E-state index contributed by atoms with van der Waals surface area (Å²) in [5, 5.41) is 32.5. The largest absolute Gasteiger partial charge is 0.481 e. The van der Waals surface area contributed by atoms with Crippen LogP contribution in [0.1, 0.15) is 38.4 Å². The molecule has 0 aliphatic carbocycles. The molecule has 4 aromatic rings. The van der Waals surface area contributed by atoms with Crippen LogP contribution in [0.25, 0.3) is 28.8 Å². The minimum Gasteiger partial charge on any atom is -0.481 e. The van der Waals surface area contributed by atoms with Gasteiger partial charge < -0.3 is 25.2 Å². The van der Waals surface area contributed by atoms with Gasteiger partial charge in [0.1, 0.15) is 17.3 Å². The average Bonchev–Trinajstić information content (AvgIpc) is 3.28. The van der Waals surface area contributed by atoms with Crippen molar-refractivity contribution >= 4 is 23.8 Å². The zero-order chi connectivity index (χ0) is 27.9. The molecule has 0 aliphatic heterocycles. The van der Waals surface area contributed by atoms with E-state index < -0.39 is 24.6 Å². The Bertz CT molecular complexity index is 1440. The SMILES string of the molecule is CC(C)c1nc(-c2ccnc(Nc3ccccc3)n2)c(-c2ccc(F)cc2)n1/C=C/C(O)CC(O)CC(=O)O. The highest BCUT2D eigenvalue weighted by molar-refractivity contribution is 5.79. The number of hydrogen-bond donors (Lipinski definition) is 4. The van der Waals surface area contributed by atoms with Crippen molar-refractivity contribution in [2.45, 2.75) is 44.8 Å². The van der Waals surface area contributed by atoms with Gasteiger partial charge in [0.25, 0.3) is 0 Å². The van der Waals surface area contributed by atoms with Crippen molar-refractivity contribution in [2.24, 2.45) is 0 Å². The Hall–Kier alpha value is -4.41. The van der Waals surface area contributed by atoms with E-state index in [1.807, 2.05) is 44.2 Å². The van der Waals surface area contributed by atoms with Gasteiger partial charge in [-0.2, -0.15) is 0 Å². The van der Waals surface area contributed by atoms with E-state index >= 15 is 0 Å². The summed E-state index contributed by atoms with van der Waals surface area (Å²) in [5.74, 6) is -0.534. The Kier molecular flexibility index (Phi) is 8.80. The third-order valence-corrected chi connectivity index (χ3v) is 5.88. The third kappa shape index (κ3) is 7.13. The number of nitrogens with one attached hydrogen (secondary N) is 1. The van der Waals surface area contributed by atoms with Crippen molar-refractivity contribution < 1.29 is 24.5 Å². The molecule has 39 heavy (non-hydrogen) atoms. The van der Waals surface area contributed by atoms with E-state index in [2.05, 4.69) is 15.3 Å². The number of nitrogens with zero attached hydrogens (tertiary/aromatic N) is 4. The number of aliphatic hydroxyl groups excluding tert-OH is 2. The summed E-state index contributed by atoms with van der Waals surface area (Å²) < 4.78 is 15.6. The van der Waals surface area contributed by atoms with Gasteiger partial charge in [-0.25, -0.2) is 19.3 Å². The molecule has 0 radical (unpaired) electrons. The van der Waals surface area contributed by atoms with Crippen molar-refractivity contribution in [2.75, 3.05) is 5.32 Å². The Morgan fingerprint density at radius 1 is 1.05 bits per heavy atom. The lowest BCUT2D eigenvalue weighted by molar-refractivity contribution is -0.139. The van der Waals surface area contributed by atoms with E-state index in [0.717, 1.165) is 5.69 Å². The number of anilines is 2. The van der Waals surface area contributed by atoms with Gasteiger partial charge in [0, 0.05) is 36.0 Å². The first kappa shape index (κ1) is 27.6. The number of carbonyl (C=O) groups is 1. The first-order valence-electron chi connectivity index (χ1n) is 12.5. The van der Waals surface area contributed by atoms with E-state index in [1.165, 1.54) is 18.2 Å². The molecule has 0 aliphatic rings. The number of aliphatic hydroxyl groups is 2. The molecule has 4 rings (SSSR count). The van der Waals surface area contributed by atoms with Crippen LogP contribution in [0.15, 0.2) is 72.9 Å². The normalized spacial score (nSPS) is 13.1. The number of para-hydroxylation sites is 1. The smallest absolute Gasteiger partial charge is 0.305 e. The molecule has 2 aromatic heterocycles. The summed E-state index contributed by atoms with van der Waals surface area (Å²) in [4.78, 5) is 24.8. The molecule has 202 valence electrons. The van der Waals surface area contributed by atoms with Gasteiger partial charge in [0.2, 0.25) is 5.95 Å². The highest BCUT2D eigenvalue weighted by Crippen LogP contribution is 2.35. The molecule has 10 heteroatoms. The molecule has 2 atom stereocenters. The van der Waals surface area contributed by atoms with Crippen molar-refractivity contribution in [1.82, 2.24) is 19.5 Å². The molecule has 0 fully saturated rings. The second-order valence-corrected chi connectivity index (χ2v) is 9.35. The Morgan fingerprint density at radius 3 is 2.44 bits per heavy atom. The second kappa shape index (κ2) is 12.4. The van der Waals surface area contributed by atoms with Crippen molar-refractivity contribution in [3.63, 3.8) is 0 Å². The fourth-order valence-corrected chi connectivity index (χ4v) is 4.10. The Labute approximate surface area is 225 Å². The molecule has 2 unspecified atom stereocenters. The predicted octanol–water partition coefficient (Wildman–Crippen LogP) is 5.07. The van der Waals surface area contributed by atoms with Crippen LogP contribution in [0.3, 0.4) is 0 Å². The van der Waals surface area contributed by atoms with Crippen LogP contribution in [0.2, 0.25) is 0 Å². The first-order chi connectivity index (χ1) is 18.7. The third-order valence-electron chi connectivity index (χ3n) is 5.88. The van der Waals surface area contributed by atoms with Gasteiger partial charge >= 0.3 is 5.97 Å². The minimum absolute atomic E-state index is 0.0407. The van der Waals surface area contributed by atoms with Crippen LogP contribution in [0.4, 0.5) is 16.0 Å². The van der Waals surface area contributed by atoms with E-state index in [0.29, 0.717) is 34.4 Å². The summed E-state index contributed by atoms with van der Waals surface area (Å²) >= 11 is 0. The molecule has 0 amide bonds. The molecule has 4 N–H and O–H groups in total. The fraction of sp³-hybridized carbons (Fsp3) is 0.241. The van der Waals surface area contributed by atoms with Gasteiger partial charge in [-0.3, -0.25) is 4.79 Å². The van der Waals surface area contributed by atoms with Crippen LogP contribution in [-0.4, -0.2) is 53.0 Å². The molecule has 9 nitrogen and oxygen atoms in total. The lowest BCUT2D eigenvalue weighted by Gasteiger charge is -2.13. The number of imidazole rings is 1. The lowest BCUT2D eigenvalue weighted by Crippen LogP contribution is -2.19. The Balaban J connectivity index is 1.78. The van der Waals surface area contributed by atoms with Crippen LogP contribution in [0, 0.1) is 5.82 Å². The van der Waals surface area contributed by atoms with Crippen LogP contribution in [0.5, 0.6) is 0 Å². The molecule has 0 spiro atoms. The number of carboxylic acids is 1. The quantitative estimate of drug-likeness (QED) is 0.211. The van der Waals surface area contributed by atoms with Gasteiger partial charge in [0.15, 0.2) is 0 Å². The molecule has 0 saturated carbocycles. The van der Waals surface area contributed by atoms with E-state index in [4.69, 9.17) is 10.1 Å². The molecule has 2 heterocycles. The van der Waals surface area contributed by atoms with E-state index in [-0.39, 0.29) is 18.2 Å². The zero-order valence-electron chi connectivity index (χ0n) is 21.6. The number of aliphatic carboxylic acids is 1. The summed E-state index contributed by atoms with van der Waals surface area (Å²) in [6, 6.07) is 17.2. The highest BCUT2D eigenvalue weighted by Gasteiger charge is 2.23. The van der Waals surface area contributed by atoms with E-state index in [9.17, 15) is 19.4 Å². The number of halogens is 1. The highest BCUT2D eigenvalue weighted by atomic mass is 19.1. The number of benzene rings is 2. The maximum atomic E-state index is 13.8. The monoisotopic (exact) mass is 531 g/mol. The molecular weight excluding hydrogens is 501 g/mol.